The van der Waals surface area contributed by atoms with E-state index in [0.717, 1.165) is 28.4 Å². The number of benzene rings is 2. The molecule has 2 heterocycles. The molecule has 6 nitrogen and oxygen atoms in total. The van der Waals surface area contributed by atoms with E-state index >= 15 is 0 Å². The highest BCUT2D eigenvalue weighted by Crippen LogP contribution is 2.32. The Morgan fingerprint density at radius 2 is 1.85 bits per heavy atom. The standard InChI is InChI=1S/C20H17NO5.ClH/c22-20(23)15-3-1-2-14(9-15)17-7-5-16(26-17)11-21-10-13-4-6-18-19(8-13)25-12-24-18;/h1-9,21H,10-12H2,(H,22,23);1H. The number of nitrogens with one attached hydrogen (secondary N) is 1. The Balaban J connectivity index is 0.00000210. The van der Waals surface area contributed by atoms with Gasteiger partial charge in [-0.1, -0.05) is 18.2 Å². The molecule has 0 spiro atoms. The van der Waals surface area contributed by atoms with E-state index in [4.69, 9.17) is 19.0 Å². The molecular formula is C20H18ClNO5. The van der Waals surface area contributed by atoms with Crippen molar-refractivity contribution in [3.05, 3.63) is 71.5 Å². The van der Waals surface area contributed by atoms with E-state index in [9.17, 15) is 4.79 Å². The number of hydrogen-bond acceptors (Lipinski definition) is 5. The van der Waals surface area contributed by atoms with Crippen LogP contribution in [0.3, 0.4) is 0 Å². The van der Waals surface area contributed by atoms with E-state index in [2.05, 4.69) is 5.32 Å². The molecule has 3 aromatic rings. The number of carbonyl (C=O) groups is 1. The number of hydrogen-bond donors (Lipinski definition) is 2. The van der Waals surface area contributed by atoms with Crippen LogP contribution in [0.15, 0.2) is 59.0 Å². The SMILES string of the molecule is Cl.O=C(O)c1cccc(-c2ccc(CNCc3ccc4c(c3)OCO4)o2)c1. The maximum Gasteiger partial charge on any atom is 0.335 e. The van der Waals surface area contributed by atoms with Crippen molar-refractivity contribution in [2.75, 3.05) is 6.79 Å². The summed E-state index contributed by atoms with van der Waals surface area (Å²) in [5.41, 5.74) is 2.07. The summed E-state index contributed by atoms with van der Waals surface area (Å²) in [7, 11) is 0. The van der Waals surface area contributed by atoms with Gasteiger partial charge in [-0.2, -0.15) is 0 Å². The van der Waals surface area contributed by atoms with Crippen LogP contribution >= 0.6 is 12.4 Å². The minimum atomic E-state index is -0.955. The highest BCUT2D eigenvalue weighted by molar-refractivity contribution is 5.89. The van der Waals surface area contributed by atoms with Crippen LogP contribution in [0.1, 0.15) is 21.7 Å². The molecule has 0 fully saturated rings. The fourth-order valence-electron chi connectivity index (χ4n) is 2.81. The largest absolute Gasteiger partial charge is 0.478 e. The van der Waals surface area contributed by atoms with E-state index in [0.29, 0.717) is 18.8 Å². The smallest absolute Gasteiger partial charge is 0.335 e. The number of carboxylic acids is 1. The van der Waals surface area contributed by atoms with Crippen molar-refractivity contribution < 1.29 is 23.8 Å². The zero-order chi connectivity index (χ0) is 17.9. The Bertz CT molecular complexity index is 953. The highest BCUT2D eigenvalue weighted by Gasteiger charge is 2.13. The van der Waals surface area contributed by atoms with Crippen LogP contribution in [0.25, 0.3) is 11.3 Å². The molecular weight excluding hydrogens is 370 g/mol. The summed E-state index contributed by atoms with van der Waals surface area (Å²) in [5, 5.41) is 12.4. The molecule has 140 valence electrons. The molecule has 2 N–H and O–H groups in total. The topological polar surface area (TPSA) is 80.9 Å². The van der Waals surface area contributed by atoms with Crippen molar-refractivity contribution >= 4 is 18.4 Å². The van der Waals surface area contributed by atoms with E-state index in [-0.39, 0.29) is 24.8 Å². The van der Waals surface area contributed by atoms with E-state index in [1.165, 1.54) is 0 Å². The van der Waals surface area contributed by atoms with Gasteiger partial charge in [0.25, 0.3) is 0 Å². The van der Waals surface area contributed by atoms with Gasteiger partial charge >= 0.3 is 5.97 Å². The third-order valence-corrected chi connectivity index (χ3v) is 4.12. The molecule has 7 heteroatoms. The first-order chi connectivity index (χ1) is 12.7. The van der Waals surface area contributed by atoms with Crippen molar-refractivity contribution in [1.29, 1.82) is 0 Å². The molecule has 0 radical (unpaired) electrons. The third kappa shape index (κ3) is 4.24. The molecule has 2 aromatic carbocycles. The lowest BCUT2D eigenvalue weighted by molar-refractivity contribution is 0.0697. The number of halogens is 1. The maximum absolute atomic E-state index is 11.1. The molecule has 0 amide bonds. The Kier molecular flexibility index (Phi) is 5.69. The molecule has 0 aliphatic carbocycles. The molecule has 0 saturated carbocycles. The lowest BCUT2D eigenvalue weighted by atomic mass is 10.1. The summed E-state index contributed by atoms with van der Waals surface area (Å²) in [5.74, 6) is 2.01. The van der Waals surface area contributed by atoms with Gasteiger partial charge in [0.1, 0.15) is 11.5 Å². The average molecular weight is 388 g/mol. The number of rotatable bonds is 6. The van der Waals surface area contributed by atoms with Crippen LogP contribution in [0.5, 0.6) is 11.5 Å². The number of furan rings is 1. The Morgan fingerprint density at radius 3 is 2.70 bits per heavy atom. The minimum absolute atomic E-state index is 0. The summed E-state index contributed by atoms with van der Waals surface area (Å²) in [6.45, 7) is 1.50. The van der Waals surface area contributed by atoms with Gasteiger partial charge in [0.2, 0.25) is 6.79 Å². The van der Waals surface area contributed by atoms with Gasteiger partial charge in [0.15, 0.2) is 11.5 Å². The number of ether oxygens (including phenoxy) is 2. The zero-order valence-corrected chi connectivity index (χ0v) is 15.1. The molecule has 1 aliphatic heterocycles. The van der Waals surface area contributed by atoms with Crippen LogP contribution in [0.4, 0.5) is 0 Å². The average Bonchev–Trinajstić information content (AvgIpc) is 3.30. The quantitative estimate of drug-likeness (QED) is 0.663. The van der Waals surface area contributed by atoms with E-state index < -0.39 is 5.97 Å². The summed E-state index contributed by atoms with van der Waals surface area (Å²) < 4.78 is 16.5. The molecule has 1 aliphatic rings. The lowest BCUT2D eigenvalue weighted by Crippen LogP contribution is -2.11. The Labute approximate surface area is 162 Å². The predicted octanol–water partition coefficient (Wildman–Crippen LogP) is 4.09. The van der Waals surface area contributed by atoms with Crippen LogP contribution in [0.2, 0.25) is 0 Å². The second kappa shape index (κ2) is 8.16. The predicted molar refractivity (Wildman–Crippen MR) is 101 cm³/mol. The molecule has 0 bridgehead atoms. The van der Waals surface area contributed by atoms with Gasteiger partial charge in [-0.25, -0.2) is 4.79 Å². The first kappa shape index (κ1) is 18.8. The van der Waals surface area contributed by atoms with Crippen molar-refractivity contribution in [3.63, 3.8) is 0 Å². The third-order valence-electron chi connectivity index (χ3n) is 4.12. The highest BCUT2D eigenvalue weighted by atomic mass is 35.5. The van der Waals surface area contributed by atoms with E-state index in [1.54, 1.807) is 18.2 Å². The van der Waals surface area contributed by atoms with Crippen molar-refractivity contribution in [3.8, 4) is 22.8 Å². The number of carboxylic acid groups (broad SMARTS) is 1. The van der Waals surface area contributed by atoms with Crippen molar-refractivity contribution in [2.45, 2.75) is 13.1 Å². The first-order valence-electron chi connectivity index (χ1n) is 8.21. The molecule has 0 unspecified atom stereocenters. The number of fused-ring (bicyclic) bond motifs is 1. The van der Waals surface area contributed by atoms with Crippen LogP contribution in [0, 0.1) is 0 Å². The Morgan fingerprint density at radius 1 is 1.00 bits per heavy atom. The number of aromatic carboxylic acids is 1. The summed E-state index contributed by atoms with van der Waals surface area (Å²) >= 11 is 0. The van der Waals surface area contributed by atoms with Crippen molar-refractivity contribution in [2.24, 2.45) is 0 Å². The molecule has 27 heavy (non-hydrogen) atoms. The molecule has 4 rings (SSSR count). The van der Waals surface area contributed by atoms with Crippen LogP contribution in [-0.4, -0.2) is 17.9 Å². The van der Waals surface area contributed by atoms with Gasteiger partial charge in [-0.05, 0) is 42.0 Å². The van der Waals surface area contributed by atoms with Crippen LogP contribution in [-0.2, 0) is 13.1 Å². The lowest BCUT2D eigenvalue weighted by Gasteiger charge is -2.05. The molecule has 0 atom stereocenters. The van der Waals surface area contributed by atoms with E-state index in [1.807, 2.05) is 36.4 Å². The van der Waals surface area contributed by atoms with Gasteiger partial charge < -0.3 is 24.3 Å². The fraction of sp³-hybridized carbons (Fsp3) is 0.150. The normalized spacial score (nSPS) is 11.9. The van der Waals surface area contributed by atoms with Crippen molar-refractivity contribution in [1.82, 2.24) is 5.32 Å². The van der Waals surface area contributed by atoms with Gasteiger partial charge in [-0.15, -0.1) is 12.4 Å². The van der Waals surface area contributed by atoms with Gasteiger partial charge in [0.05, 0.1) is 12.1 Å². The van der Waals surface area contributed by atoms with Gasteiger partial charge in [-0.3, -0.25) is 0 Å². The molecule has 1 aromatic heterocycles. The summed E-state index contributed by atoms with van der Waals surface area (Å²) in [6, 6.07) is 16.3. The fourth-order valence-corrected chi connectivity index (χ4v) is 2.81. The maximum atomic E-state index is 11.1. The second-order valence-corrected chi connectivity index (χ2v) is 5.94. The zero-order valence-electron chi connectivity index (χ0n) is 14.3. The Hall–Kier alpha value is -2.96. The molecule has 0 saturated heterocycles. The van der Waals surface area contributed by atoms with Gasteiger partial charge in [0, 0.05) is 12.1 Å². The minimum Gasteiger partial charge on any atom is -0.478 e. The monoisotopic (exact) mass is 387 g/mol. The summed E-state index contributed by atoms with van der Waals surface area (Å²) in [4.78, 5) is 11.1. The first-order valence-corrected chi connectivity index (χ1v) is 8.21. The second-order valence-electron chi connectivity index (χ2n) is 5.94. The van der Waals surface area contributed by atoms with Crippen LogP contribution < -0.4 is 14.8 Å². The summed E-state index contributed by atoms with van der Waals surface area (Å²) in [6.07, 6.45) is 0.